The Hall–Kier alpha value is -0.0800. The van der Waals surface area contributed by atoms with E-state index in [4.69, 9.17) is 5.73 Å². The number of hydrogen-bond acceptors (Lipinski definition) is 2. The van der Waals surface area contributed by atoms with Crippen molar-refractivity contribution in [3.8, 4) is 0 Å². The van der Waals surface area contributed by atoms with Gasteiger partial charge in [0, 0.05) is 18.1 Å². The SMILES string of the molecule is CC(C1CC1)N(C)CC1(N)CCCCC1. The fourth-order valence-corrected chi connectivity index (χ4v) is 2.99. The Morgan fingerprint density at radius 1 is 1.27 bits per heavy atom. The highest BCUT2D eigenvalue weighted by molar-refractivity contribution is 4.93. The van der Waals surface area contributed by atoms with Gasteiger partial charge in [0.25, 0.3) is 0 Å². The van der Waals surface area contributed by atoms with Gasteiger partial charge in [0.1, 0.15) is 0 Å². The fourth-order valence-electron chi connectivity index (χ4n) is 2.99. The van der Waals surface area contributed by atoms with Crippen molar-refractivity contribution in [2.24, 2.45) is 11.7 Å². The van der Waals surface area contributed by atoms with Crippen LogP contribution in [0.25, 0.3) is 0 Å². The van der Waals surface area contributed by atoms with E-state index in [0.29, 0.717) is 0 Å². The predicted molar refractivity (Wildman–Crippen MR) is 64.8 cm³/mol. The van der Waals surface area contributed by atoms with E-state index >= 15 is 0 Å². The monoisotopic (exact) mass is 210 g/mol. The second-order valence-corrected chi connectivity index (χ2v) is 5.92. The quantitative estimate of drug-likeness (QED) is 0.772. The molecule has 1 atom stereocenters. The maximum absolute atomic E-state index is 6.48. The molecule has 2 heteroatoms. The summed E-state index contributed by atoms with van der Waals surface area (Å²) in [5.74, 6) is 0.960. The smallest absolute Gasteiger partial charge is 0.0283 e. The number of rotatable bonds is 4. The molecular formula is C13H26N2. The molecule has 0 aromatic heterocycles. The number of nitrogens with zero attached hydrogens (tertiary/aromatic N) is 1. The molecule has 0 heterocycles. The minimum atomic E-state index is 0.121. The summed E-state index contributed by atoms with van der Waals surface area (Å²) < 4.78 is 0. The van der Waals surface area contributed by atoms with Gasteiger partial charge in [0.2, 0.25) is 0 Å². The molecule has 0 radical (unpaired) electrons. The molecule has 2 rings (SSSR count). The zero-order valence-corrected chi connectivity index (χ0v) is 10.3. The molecule has 0 aliphatic heterocycles. The summed E-state index contributed by atoms with van der Waals surface area (Å²) in [5, 5.41) is 0. The first-order chi connectivity index (χ1) is 7.11. The van der Waals surface area contributed by atoms with Crippen LogP contribution in [0.15, 0.2) is 0 Å². The summed E-state index contributed by atoms with van der Waals surface area (Å²) in [6, 6.07) is 0.743. The fraction of sp³-hybridized carbons (Fsp3) is 1.00. The normalized spacial score (nSPS) is 28.0. The third-order valence-electron chi connectivity index (χ3n) is 4.41. The molecule has 2 aliphatic rings. The molecule has 0 bridgehead atoms. The summed E-state index contributed by atoms with van der Waals surface area (Å²) in [4.78, 5) is 2.50. The highest BCUT2D eigenvalue weighted by atomic mass is 15.2. The van der Waals surface area contributed by atoms with E-state index in [1.807, 2.05) is 0 Å². The van der Waals surface area contributed by atoms with Crippen LogP contribution in [-0.4, -0.2) is 30.1 Å². The van der Waals surface area contributed by atoms with Crippen molar-refractivity contribution < 1.29 is 0 Å². The summed E-state index contributed by atoms with van der Waals surface area (Å²) >= 11 is 0. The largest absolute Gasteiger partial charge is 0.324 e. The summed E-state index contributed by atoms with van der Waals surface area (Å²) in [6.45, 7) is 3.47. The van der Waals surface area contributed by atoms with Gasteiger partial charge in [-0.2, -0.15) is 0 Å². The summed E-state index contributed by atoms with van der Waals surface area (Å²) in [5.41, 5.74) is 6.60. The van der Waals surface area contributed by atoms with Crippen molar-refractivity contribution in [2.75, 3.05) is 13.6 Å². The van der Waals surface area contributed by atoms with Gasteiger partial charge in [-0.25, -0.2) is 0 Å². The van der Waals surface area contributed by atoms with Gasteiger partial charge >= 0.3 is 0 Å². The first-order valence-electron chi connectivity index (χ1n) is 6.60. The van der Waals surface area contributed by atoms with Crippen LogP contribution in [0.2, 0.25) is 0 Å². The lowest BCUT2D eigenvalue weighted by Crippen LogP contribution is -2.52. The van der Waals surface area contributed by atoms with Crippen LogP contribution >= 0.6 is 0 Å². The second-order valence-electron chi connectivity index (χ2n) is 5.92. The Kier molecular flexibility index (Phi) is 3.36. The van der Waals surface area contributed by atoms with Gasteiger partial charge in [0.15, 0.2) is 0 Å². The maximum atomic E-state index is 6.48. The number of likely N-dealkylation sites (N-methyl/N-ethyl adjacent to an activating group) is 1. The molecule has 0 aromatic carbocycles. The van der Waals surface area contributed by atoms with E-state index in [1.165, 1.54) is 44.9 Å². The van der Waals surface area contributed by atoms with Crippen molar-refractivity contribution in [1.29, 1.82) is 0 Å². The zero-order valence-electron chi connectivity index (χ0n) is 10.3. The van der Waals surface area contributed by atoms with Crippen molar-refractivity contribution in [3.05, 3.63) is 0 Å². The molecule has 2 saturated carbocycles. The van der Waals surface area contributed by atoms with Gasteiger partial charge < -0.3 is 10.6 Å². The van der Waals surface area contributed by atoms with E-state index in [1.54, 1.807) is 0 Å². The van der Waals surface area contributed by atoms with E-state index in [0.717, 1.165) is 18.5 Å². The van der Waals surface area contributed by atoms with Crippen LogP contribution in [0.5, 0.6) is 0 Å². The van der Waals surface area contributed by atoms with Crippen molar-refractivity contribution in [1.82, 2.24) is 4.90 Å². The molecule has 1 unspecified atom stereocenters. The molecule has 0 spiro atoms. The Balaban J connectivity index is 1.82. The highest BCUT2D eigenvalue weighted by Crippen LogP contribution is 2.36. The van der Waals surface area contributed by atoms with Gasteiger partial charge in [-0.05, 0) is 45.6 Å². The van der Waals surface area contributed by atoms with Gasteiger partial charge in [0.05, 0.1) is 0 Å². The summed E-state index contributed by atoms with van der Waals surface area (Å²) in [6.07, 6.45) is 9.39. The topological polar surface area (TPSA) is 29.3 Å². The molecule has 15 heavy (non-hydrogen) atoms. The third-order valence-corrected chi connectivity index (χ3v) is 4.41. The first-order valence-corrected chi connectivity index (χ1v) is 6.60. The molecule has 2 nitrogen and oxygen atoms in total. The molecule has 0 saturated heterocycles. The molecule has 2 fully saturated rings. The first kappa shape index (κ1) is 11.4. The minimum absolute atomic E-state index is 0.121. The predicted octanol–water partition coefficient (Wildman–Crippen LogP) is 2.38. The van der Waals surface area contributed by atoms with Crippen LogP contribution in [0.1, 0.15) is 51.9 Å². The van der Waals surface area contributed by atoms with Crippen LogP contribution in [-0.2, 0) is 0 Å². The molecular weight excluding hydrogens is 184 g/mol. The molecule has 0 amide bonds. The van der Waals surface area contributed by atoms with Crippen LogP contribution in [0.3, 0.4) is 0 Å². The summed E-state index contributed by atoms with van der Waals surface area (Å²) in [7, 11) is 2.26. The second kappa shape index (κ2) is 4.42. The number of hydrogen-bond donors (Lipinski definition) is 1. The lowest BCUT2D eigenvalue weighted by molar-refractivity contribution is 0.153. The molecule has 0 aromatic rings. The maximum Gasteiger partial charge on any atom is 0.0283 e. The molecule has 88 valence electrons. The minimum Gasteiger partial charge on any atom is -0.324 e. The Bertz CT molecular complexity index is 205. The Labute approximate surface area is 94.2 Å². The van der Waals surface area contributed by atoms with Gasteiger partial charge in [-0.15, -0.1) is 0 Å². The van der Waals surface area contributed by atoms with E-state index in [9.17, 15) is 0 Å². The standard InChI is InChI=1S/C13H26N2/c1-11(12-6-7-12)15(2)10-13(14)8-4-3-5-9-13/h11-12H,3-10,14H2,1-2H3. The number of nitrogens with two attached hydrogens (primary N) is 1. The zero-order chi connectivity index (χ0) is 10.9. The molecule has 2 N–H and O–H groups in total. The van der Waals surface area contributed by atoms with Crippen LogP contribution in [0.4, 0.5) is 0 Å². The highest BCUT2D eigenvalue weighted by Gasteiger charge is 2.34. The van der Waals surface area contributed by atoms with E-state index in [2.05, 4.69) is 18.9 Å². The van der Waals surface area contributed by atoms with Crippen LogP contribution < -0.4 is 5.73 Å². The van der Waals surface area contributed by atoms with Crippen molar-refractivity contribution in [3.63, 3.8) is 0 Å². The average Bonchev–Trinajstić information content (AvgIpc) is 3.00. The average molecular weight is 210 g/mol. The van der Waals surface area contributed by atoms with Gasteiger partial charge in [-0.1, -0.05) is 19.3 Å². The Morgan fingerprint density at radius 2 is 1.87 bits per heavy atom. The van der Waals surface area contributed by atoms with Crippen molar-refractivity contribution >= 4 is 0 Å². The van der Waals surface area contributed by atoms with Crippen molar-refractivity contribution in [2.45, 2.75) is 63.5 Å². The third kappa shape index (κ3) is 2.94. The van der Waals surface area contributed by atoms with E-state index < -0.39 is 0 Å². The lowest BCUT2D eigenvalue weighted by atomic mass is 9.82. The van der Waals surface area contributed by atoms with Crippen LogP contribution in [0, 0.1) is 5.92 Å². The molecule has 2 aliphatic carbocycles. The Morgan fingerprint density at radius 3 is 2.40 bits per heavy atom. The van der Waals surface area contributed by atoms with Gasteiger partial charge in [-0.3, -0.25) is 0 Å². The lowest BCUT2D eigenvalue weighted by Gasteiger charge is -2.39. The van der Waals surface area contributed by atoms with E-state index in [-0.39, 0.29) is 5.54 Å².